The molecule has 19 heteroatoms. The van der Waals surface area contributed by atoms with Crippen LogP contribution in [0.5, 0.6) is 0 Å². The molecule has 2 aliphatic rings. The zero-order chi connectivity index (χ0) is 29.3. The van der Waals surface area contributed by atoms with E-state index in [4.69, 9.17) is 0 Å². The van der Waals surface area contributed by atoms with E-state index in [0.717, 1.165) is 11.3 Å². The maximum Gasteiger partial charge on any atom is 0.352 e. The van der Waals surface area contributed by atoms with Crippen LogP contribution in [0.25, 0.3) is 0 Å². The molecule has 3 N–H and O–H groups in total. The minimum Gasteiger partial charge on any atom is -0.477 e. The quantitative estimate of drug-likeness (QED) is 0.216. The van der Waals surface area contributed by atoms with E-state index in [1.807, 2.05) is 0 Å². The summed E-state index contributed by atoms with van der Waals surface area (Å²) < 4.78 is 2.49. The number of rotatable bonds is 9. The molecule has 0 bridgehead atoms. The van der Waals surface area contributed by atoms with Crippen LogP contribution in [0.3, 0.4) is 0 Å². The van der Waals surface area contributed by atoms with E-state index >= 15 is 0 Å². The van der Waals surface area contributed by atoms with Gasteiger partial charge in [-0.2, -0.15) is 0 Å². The van der Waals surface area contributed by atoms with Crippen LogP contribution in [0.1, 0.15) is 11.6 Å². The van der Waals surface area contributed by atoms with E-state index in [2.05, 4.69) is 31.3 Å². The standard InChI is InChI=1S/C22H21N9O6S4/c1-29-20(25-27-28-29)40-9-11-8-39-17-13(16(33)30(17)14(11)18(34)35)23-15(32)12(10-6-4-3-5-7-10)24-19(36)31-22(37)41-21(26-31)38-2/h3-7,12-13,17H,8-9H2,1-2H3,(H,23,32)(H,24,36)(H,34,35)/t12-,13?,17-/m1/s1. The van der Waals surface area contributed by atoms with Gasteiger partial charge in [0.2, 0.25) is 11.1 Å². The molecule has 1 fully saturated rings. The highest BCUT2D eigenvalue weighted by Gasteiger charge is 2.54. The summed E-state index contributed by atoms with van der Waals surface area (Å²) in [6.45, 7) is 0. The van der Waals surface area contributed by atoms with E-state index in [0.29, 0.717) is 31.1 Å². The molecule has 1 saturated heterocycles. The second-order valence-corrected chi connectivity index (χ2v) is 12.6. The Balaban J connectivity index is 1.33. The van der Waals surface area contributed by atoms with Crippen LogP contribution < -0.4 is 15.5 Å². The van der Waals surface area contributed by atoms with Crippen LogP contribution in [0.2, 0.25) is 0 Å². The van der Waals surface area contributed by atoms with Crippen molar-refractivity contribution in [2.75, 3.05) is 17.8 Å². The van der Waals surface area contributed by atoms with E-state index in [1.165, 1.54) is 44.9 Å². The van der Waals surface area contributed by atoms with Gasteiger partial charge in [-0.25, -0.2) is 14.3 Å². The Morgan fingerprint density at radius 1 is 1.22 bits per heavy atom. The molecule has 5 rings (SSSR count). The lowest BCUT2D eigenvalue weighted by molar-refractivity contribution is -0.151. The van der Waals surface area contributed by atoms with Gasteiger partial charge in [-0.15, -0.1) is 26.6 Å². The highest BCUT2D eigenvalue weighted by atomic mass is 32.2. The number of carbonyl (C=O) groups is 4. The number of thioether (sulfide) groups is 3. The first-order valence-corrected chi connectivity index (χ1v) is 15.8. The van der Waals surface area contributed by atoms with Crippen molar-refractivity contribution < 1.29 is 24.3 Å². The van der Waals surface area contributed by atoms with Crippen molar-refractivity contribution in [3.8, 4) is 0 Å². The minimum atomic E-state index is -1.26. The van der Waals surface area contributed by atoms with Crippen LogP contribution in [0, 0.1) is 0 Å². The average molecular weight is 636 g/mol. The molecule has 0 saturated carbocycles. The number of carboxylic acid groups (broad SMARTS) is 1. The SMILES string of the molecule is CSc1nn(C(=O)N[C@@H](C(=O)NC2C(=O)N3C(C(=O)O)=C(CSc4nnnn4C)CS[C@H]23)c2ccccc2)c(=O)s1. The smallest absolute Gasteiger partial charge is 0.352 e. The first-order chi connectivity index (χ1) is 19.7. The molecule has 2 aromatic heterocycles. The topological polar surface area (TPSA) is 194 Å². The average Bonchev–Trinajstić information content (AvgIpc) is 3.57. The van der Waals surface area contributed by atoms with Gasteiger partial charge in [-0.3, -0.25) is 19.3 Å². The van der Waals surface area contributed by atoms with Crippen LogP contribution >= 0.6 is 46.6 Å². The number of aryl methyl sites for hydroxylation is 1. The lowest BCUT2D eigenvalue weighted by atomic mass is 10.0. The van der Waals surface area contributed by atoms with Gasteiger partial charge in [0.25, 0.3) is 5.91 Å². The van der Waals surface area contributed by atoms with Crippen LogP contribution in [-0.2, 0) is 21.4 Å². The maximum absolute atomic E-state index is 13.5. The number of hydrogen-bond donors (Lipinski definition) is 3. The number of fused-ring (bicyclic) bond motifs is 1. The molecule has 2 aliphatic heterocycles. The first kappa shape index (κ1) is 28.8. The fourth-order valence-electron chi connectivity index (χ4n) is 4.13. The van der Waals surface area contributed by atoms with Crippen LogP contribution in [0.15, 0.2) is 55.9 Å². The molecule has 1 unspecified atom stereocenters. The zero-order valence-corrected chi connectivity index (χ0v) is 24.6. The summed E-state index contributed by atoms with van der Waals surface area (Å²) in [6.07, 6.45) is 1.71. The number of nitrogens with one attached hydrogen (secondary N) is 2. The molecular formula is C22H21N9O6S4. The molecular weight excluding hydrogens is 615 g/mol. The van der Waals surface area contributed by atoms with Gasteiger partial charge in [0.05, 0.1) is 0 Å². The minimum absolute atomic E-state index is 0.132. The van der Waals surface area contributed by atoms with Gasteiger partial charge in [-0.1, -0.05) is 53.9 Å². The highest BCUT2D eigenvalue weighted by Crippen LogP contribution is 2.41. The van der Waals surface area contributed by atoms with E-state index < -0.39 is 46.1 Å². The van der Waals surface area contributed by atoms with Crippen molar-refractivity contribution >= 4 is 70.4 Å². The second-order valence-electron chi connectivity index (χ2n) is 8.57. The number of β-lactam (4-membered cyclic amide) rings is 1. The Morgan fingerprint density at radius 2 is 1.98 bits per heavy atom. The molecule has 3 aromatic rings. The Morgan fingerprint density at radius 3 is 2.61 bits per heavy atom. The molecule has 15 nitrogen and oxygen atoms in total. The Labute approximate surface area is 248 Å². The number of carbonyl (C=O) groups excluding carboxylic acids is 3. The van der Waals surface area contributed by atoms with Crippen LogP contribution in [-0.4, -0.2) is 93.0 Å². The maximum atomic E-state index is 13.5. The summed E-state index contributed by atoms with van der Waals surface area (Å²) >= 11 is 4.56. The molecule has 3 atom stereocenters. The highest BCUT2D eigenvalue weighted by molar-refractivity contribution is 8.01. The molecule has 0 spiro atoms. The molecule has 1 aromatic carbocycles. The largest absolute Gasteiger partial charge is 0.477 e. The lowest BCUT2D eigenvalue weighted by Crippen LogP contribution is -2.71. The van der Waals surface area contributed by atoms with Crippen molar-refractivity contribution in [1.82, 2.24) is 45.5 Å². The van der Waals surface area contributed by atoms with Gasteiger partial charge >= 0.3 is 16.9 Å². The van der Waals surface area contributed by atoms with Gasteiger partial charge in [0.1, 0.15) is 23.2 Å². The summed E-state index contributed by atoms with van der Waals surface area (Å²) in [4.78, 5) is 64.5. The van der Waals surface area contributed by atoms with Gasteiger partial charge in [0, 0.05) is 18.6 Å². The Kier molecular flexibility index (Phi) is 8.47. The molecule has 3 amide bonds. The van der Waals surface area contributed by atoms with Crippen molar-refractivity contribution in [3.05, 3.63) is 56.8 Å². The molecule has 0 radical (unpaired) electrons. The number of tetrazole rings is 1. The van der Waals surface area contributed by atoms with Crippen molar-refractivity contribution in [1.29, 1.82) is 0 Å². The number of aromatic nitrogens is 6. The number of nitrogens with zero attached hydrogens (tertiary/aromatic N) is 7. The predicted molar refractivity (Wildman–Crippen MR) is 150 cm³/mol. The zero-order valence-electron chi connectivity index (χ0n) is 21.3. The normalized spacial score (nSPS) is 18.9. The Bertz CT molecular complexity index is 1600. The third-order valence-corrected chi connectivity index (χ3v) is 10.3. The monoisotopic (exact) mass is 635 g/mol. The fourth-order valence-corrected chi connectivity index (χ4v) is 7.66. The number of carboxylic acids is 1. The molecule has 214 valence electrons. The van der Waals surface area contributed by atoms with Crippen molar-refractivity contribution in [2.24, 2.45) is 7.05 Å². The van der Waals surface area contributed by atoms with Crippen molar-refractivity contribution in [3.63, 3.8) is 0 Å². The van der Waals surface area contributed by atoms with E-state index in [1.54, 1.807) is 43.6 Å². The summed E-state index contributed by atoms with van der Waals surface area (Å²) in [7, 11) is 1.66. The lowest BCUT2D eigenvalue weighted by Gasteiger charge is -2.49. The van der Waals surface area contributed by atoms with E-state index in [-0.39, 0.29) is 11.4 Å². The summed E-state index contributed by atoms with van der Waals surface area (Å²) in [6, 6.07) is 5.15. The molecule has 4 heterocycles. The Hall–Kier alpha value is -3.68. The van der Waals surface area contributed by atoms with E-state index in [9.17, 15) is 29.1 Å². The second kappa shape index (κ2) is 12.0. The number of benzene rings is 1. The number of hydrogen-bond acceptors (Lipinski definition) is 13. The molecule has 0 aliphatic carbocycles. The van der Waals surface area contributed by atoms with Gasteiger partial charge in [0.15, 0.2) is 4.34 Å². The van der Waals surface area contributed by atoms with Crippen LogP contribution in [0.4, 0.5) is 4.79 Å². The number of aliphatic carboxylic acids is 1. The number of amides is 3. The molecule has 41 heavy (non-hydrogen) atoms. The summed E-state index contributed by atoms with van der Waals surface area (Å²) in [5.41, 5.74) is 0.806. The van der Waals surface area contributed by atoms with Gasteiger partial charge < -0.3 is 15.7 Å². The van der Waals surface area contributed by atoms with Gasteiger partial charge in [-0.05, 0) is 39.2 Å². The summed E-state index contributed by atoms with van der Waals surface area (Å²) in [5.74, 6) is -1.98. The first-order valence-electron chi connectivity index (χ1n) is 11.7. The predicted octanol–water partition coefficient (Wildman–Crippen LogP) is 0.380. The fraction of sp³-hybridized carbons (Fsp3) is 0.318. The third kappa shape index (κ3) is 5.74. The third-order valence-electron chi connectivity index (χ3n) is 6.06. The summed E-state index contributed by atoms with van der Waals surface area (Å²) in [5, 5.41) is 30.1. The van der Waals surface area contributed by atoms with Crippen molar-refractivity contribution in [2.45, 2.75) is 27.0 Å².